The lowest BCUT2D eigenvalue weighted by molar-refractivity contribution is -0.00630. The molecule has 1 aliphatic rings. The topological polar surface area (TPSA) is 33.0 Å². The number of ether oxygens (including phenoxy) is 1. The molecule has 1 fully saturated rings. The minimum Gasteiger partial charge on any atom is -0.377 e. The number of nitriles is 1. The van der Waals surface area contributed by atoms with Crippen LogP contribution in [0.5, 0.6) is 0 Å². The second kappa shape index (κ2) is 14.5. The van der Waals surface area contributed by atoms with E-state index in [1.807, 2.05) is 13.8 Å². The molecule has 1 saturated heterocycles. The summed E-state index contributed by atoms with van der Waals surface area (Å²) < 4.78 is 5.43. The molecule has 2 atom stereocenters. The van der Waals surface area contributed by atoms with Crippen LogP contribution in [0.2, 0.25) is 0 Å². The van der Waals surface area contributed by atoms with Crippen LogP contribution in [0.15, 0.2) is 0 Å². The Kier molecular flexibility index (Phi) is 16.1. The van der Waals surface area contributed by atoms with Crippen LogP contribution in [0.4, 0.5) is 0 Å². The average molecular weight is 227 g/mol. The SMILES string of the molecule is CC.CCC.CCC1CCOC(CC#N)C1. The van der Waals surface area contributed by atoms with E-state index in [-0.39, 0.29) is 6.10 Å². The molecule has 0 bridgehead atoms. The largest absolute Gasteiger partial charge is 0.377 e. The second-order valence-electron chi connectivity index (χ2n) is 3.86. The van der Waals surface area contributed by atoms with E-state index in [4.69, 9.17) is 10.00 Å². The minimum absolute atomic E-state index is 0.221. The number of rotatable bonds is 2. The Bertz CT molecular complexity index is 163. The van der Waals surface area contributed by atoms with E-state index in [2.05, 4.69) is 26.8 Å². The van der Waals surface area contributed by atoms with E-state index in [1.165, 1.54) is 19.3 Å². The molecule has 2 heteroatoms. The van der Waals surface area contributed by atoms with Gasteiger partial charge in [0, 0.05) is 6.61 Å². The van der Waals surface area contributed by atoms with Crippen molar-refractivity contribution in [3.05, 3.63) is 0 Å². The molecule has 2 nitrogen and oxygen atoms in total. The van der Waals surface area contributed by atoms with Crippen molar-refractivity contribution in [2.24, 2.45) is 5.92 Å². The van der Waals surface area contributed by atoms with E-state index in [1.54, 1.807) is 0 Å². The molecule has 0 saturated carbocycles. The third kappa shape index (κ3) is 9.98. The number of hydrogen-bond donors (Lipinski definition) is 0. The molecule has 96 valence electrons. The van der Waals surface area contributed by atoms with Crippen molar-refractivity contribution in [1.82, 2.24) is 0 Å². The predicted molar refractivity (Wildman–Crippen MR) is 70.3 cm³/mol. The molecule has 0 radical (unpaired) electrons. The highest BCUT2D eigenvalue weighted by molar-refractivity contribution is 4.80. The molecule has 1 rings (SSSR count). The van der Waals surface area contributed by atoms with E-state index in [0.29, 0.717) is 6.42 Å². The van der Waals surface area contributed by atoms with E-state index >= 15 is 0 Å². The Hall–Kier alpha value is -0.550. The Morgan fingerprint density at radius 3 is 2.25 bits per heavy atom. The first-order valence-electron chi connectivity index (χ1n) is 6.76. The van der Waals surface area contributed by atoms with Gasteiger partial charge in [-0.2, -0.15) is 5.26 Å². The summed E-state index contributed by atoms with van der Waals surface area (Å²) in [5, 5.41) is 8.45. The fraction of sp³-hybridized carbons (Fsp3) is 0.929. The smallest absolute Gasteiger partial charge is 0.0707 e. The minimum atomic E-state index is 0.221. The van der Waals surface area contributed by atoms with Gasteiger partial charge >= 0.3 is 0 Å². The Morgan fingerprint density at radius 2 is 1.81 bits per heavy atom. The summed E-state index contributed by atoms with van der Waals surface area (Å²) in [5.41, 5.74) is 0. The van der Waals surface area contributed by atoms with Crippen LogP contribution in [0, 0.1) is 17.2 Å². The Morgan fingerprint density at radius 1 is 1.25 bits per heavy atom. The van der Waals surface area contributed by atoms with Crippen LogP contribution in [0.25, 0.3) is 0 Å². The molecule has 16 heavy (non-hydrogen) atoms. The highest BCUT2D eigenvalue weighted by Gasteiger charge is 2.20. The predicted octanol–water partition coefficient (Wildman–Crippen LogP) is 4.55. The van der Waals surface area contributed by atoms with Crippen LogP contribution < -0.4 is 0 Å². The Balaban J connectivity index is 0. The van der Waals surface area contributed by atoms with Gasteiger partial charge in [-0.15, -0.1) is 0 Å². The van der Waals surface area contributed by atoms with Gasteiger partial charge in [-0.3, -0.25) is 0 Å². The molecule has 2 unspecified atom stereocenters. The first-order valence-corrected chi connectivity index (χ1v) is 6.76. The van der Waals surface area contributed by atoms with E-state index in [9.17, 15) is 0 Å². The van der Waals surface area contributed by atoms with Gasteiger partial charge in [-0.05, 0) is 18.8 Å². The zero-order valence-electron chi connectivity index (χ0n) is 11.8. The lowest BCUT2D eigenvalue weighted by atomic mass is 9.92. The molecule has 0 aromatic heterocycles. The summed E-state index contributed by atoms with van der Waals surface area (Å²) in [6.07, 6.45) is 5.53. The number of nitrogens with zero attached hydrogens (tertiary/aromatic N) is 1. The molecule has 0 aromatic rings. The fourth-order valence-corrected chi connectivity index (χ4v) is 1.57. The van der Waals surface area contributed by atoms with Gasteiger partial charge in [0.25, 0.3) is 0 Å². The third-order valence-electron chi connectivity index (χ3n) is 2.37. The molecule has 0 spiro atoms. The lowest BCUT2D eigenvalue weighted by Crippen LogP contribution is -2.24. The normalized spacial score (nSPS) is 23.0. The van der Waals surface area contributed by atoms with E-state index in [0.717, 1.165) is 18.9 Å². The summed E-state index contributed by atoms with van der Waals surface area (Å²) in [6, 6.07) is 2.16. The molecule has 0 aliphatic carbocycles. The summed E-state index contributed by atoms with van der Waals surface area (Å²) in [6.45, 7) is 11.3. The second-order valence-corrected chi connectivity index (χ2v) is 3.86. The molecule has 0 amide bonds. The van der Waals surface area contributed by atoms with E-state index < -0.39 is 0 Å². The molecular formula is C14H29NO. The fourth-order valence-electron chi connectivity index (χ4n) is 1.57. The zero-order chi connectivity index (χ0) is 12.8. The van der Waals surface area contributed by atoms with Crippen molar-refractivity contribution < 1.29 is 4.74 Å². The van der Waals surface area contributed by atoms with Crippen molar-refractivity contribution >= 4 is 0 Å². The standard InChI is InChI=1S/C9H15NO.C3H8.C2H6/c1-2-8-4-6-11-9(7-8)3-5-10;1-3-2;1-2/h8-9H,2-4,6-7H2,1H3;3H2,1-2H3;1-2H3. The van der Waals surface area contributed by atoms with Crippen molar-refractivity contribution in [2.45, 2.75) is 72.8 Å². The summed E-state index contributed by atoms with van der Waals surface area (Å²) in [5.74, 6) is 0.794. The quantitative estimate of drug-likeness (QED) is 0.693. The monoisotopic (exact) mass is 227 g/mol. The lowest BCUT2D eigenvalue weighted by Gasteiger charge is -2.27. The molecule has 1 aliphatic heterocycles. The zero-order valence-corrected chi connectivity index (χ0v) is 11.8. The van der Waals surface area contributed by atoms with Crippen molar-refractivity contribution in [1.29, 1.82) is 5.26 Å². The maximum Gasteiger partial charge on any atom is 0.0707 e. The first-order chi connectivity index (χ1) is 7.78. The number of hydrogen-bond acceptors (Lipinski definition) is 2. The average Bonchev–Trinajstić information content (AvgIpc) is 2.33. The van der Waals surface area contributed by atoms with Crippen LogP contribution in [-0.2, 0) is 4.74 Å². The van der Waals surface area contributed by atoms with Crippen molar-refractivity contribution in [3.8, 4) is 6.07 Å². The van der Waals surface area contributed by atoms with Crippen molar-refractivity contribution in [3.63, 3.8) is 0 Å². The van der Waals surface area contributed by atoms with Crippen molar-refractivity contribution in [2.75, 3.05) is 6.61 Å². The Labute approximate surface area is 102 Å². The maximum atomic E-state index is 8.45. The van der Waals surface area contributed by atoms with Crippen LogP contribution >= 0.6 is 0 Å². The van der Waals surface area contributed by atoms with Gasteiger partial charge in [-0.1, -0.05) is 47.5 Å². The summed E-state index contributed by atoms with van der Waals surface area (Å²) >= 11 is 0. The molecular weight excluding hydrogens is 198 g/mol. The van der Waals surface area contributed by atoms with Crippen LogP contribution in [0.1, 0.15) is 66.7 Å². The van der Waals surface area contributed by atoms with Gasteiger partial charge in [0.15, 0.2) is 0 Å². The van der Waals surface area contributed by atoms with Gasteiger partial charge in [0.2, 0.25) is 0 Å². The molecule has 0 N–H and O–H groups in total. The van der Waals surface area contributed by atoms with Crippen LogP contribution in [-0.4, -0.2) is 12.7 Å². The molecule has 1 heterocycles. The maximum absolute atomic E-state index is 8.45. The highest BCUT2D eigenvalue weighted by Crippen LogP contribution is 2.23. The van der Waals surface area contributed by atoms with Gasteiger partial charge in [0.05, 0.1) is 18.6 Å². The summed E-state index contributed by atoms with van der Waals surface area (Å²) in [4.78, 5) is 0. The van der Waals surface area contributed by atoms with Gasteiger partial charge < -0.3 is 4.74 Å². The van der Waals surface area contributed by atoms with Crippen LogP contribution in [0.3, 0.4) is 0 Å². The first kappa shape index (κ1) is 17.8. The summed E-state index contributed by atoms with van der Waals surface area (Å²) in [7, 11) is 0. The van der Waals surface area contributed by atoms with Gasteiger partial charge in [0.1, 0.15) is 0 Å². The highest BCUT2D eigenvalue weighted by atomic mass is 16.5. The third-order valence-corrected chi connectivity index (χ3v) is 2.37. The van der Waals surface area contributed by atoms with Gasteiger partial charge in [-0.25, -0.2) is 0 Å². The molecule has 0 aromatic carbocycles.